The highest BCUT2D eigenvalue weighted by Crippen LogP contribution is 2.23. The molecule has 0 radical (unpaired) electrons. The Bertz CT molecular complexity index is 278. The van der Waals surface area contributed by atoms with E-state index in [-0.39, 0.29) is 5.41 Å². The van der Waals surface area contributed by atoms with Gasteiger partial charge in [0.15, 0.2) is 0 Å². The predicted octanol–water partition coefficient (Wildman–Crippen LogP) is 2.00. The summed E-state index contributed by atoms with van der Waals surface area (Å²) in [5.41, 5.74) is 5.48. The molecule has 1 saturated heterocycles. The molecule has 112 valence electrons. The lowest BCUT2D eigenvalue weighted by molar-refractivity contribution is 0.158. The molecular weight excluding hydrogens is 236 g/mol. The molecule has 3 N–H and O–H groups in total. The van der Waals surface area contributed by atoms with Crippen molar-refractivity contribution in [1.82, 2.24) is 9.80 Å². The summed E-state index contributed by atoms with van der Waals surface area (Å²) in [6.45, 7) is 8.99. The Hall–Kier alpha value is -0.610. The molecule has 0 spiro atoms. The summed E-state index contributed by atoms with van der Waals surface area (Å²) in [7, 11) is 4.33. The van der Waals surface area contributed by atoms with E-state index in [1.165, 1.54) is 32.5 Å². The van der Waals surface area contributed by atoms with Crippen molar-refractivity contribution < 1.29 is 0 Å². The molecular formula is C15H32N4. The monoisotopic (exact) mass is 268 g/mol. The maximum absolute atomic E-state index is 7.57. The Morgan fingerprint density at radius 1 is 1.32 bits per heavy atom. The van der Waals surface area contributed by atoms with Gasteiger partial charge in [-0.2, -0.15) is 0 Å². The second kappa shape index (κ2) is 7.25. The van der Waals surface area contributed by atoms with Gasteiger partial charge in [-0.05, 0) is 65.3 Å². The van der Waals surface area contributed by atoms with Gasteiger partial charge < -0.3 is 15.5 Å². The summed E-state index contributed by atoms with van der Waals surface area (Å²) in [5, 5.41) is 7.57. The lowest BCUT2D eigenvalue weighted by atomic mass is 9.86. The molecule has 0 saturated carbocycles. The van der Waals surface area contributed by atoms with E-state index in [2.05, 4.69) is 37.7 Å². The van der Waals surface area contributed by atoms with E-state index in [0.717, 1.165) is 25.3 Å². The van der Waals surface area contributed by atoms with Gasteiger partial charge in [0.05, 0.1) is 5.84 Å². The average Bonchev–Trinajstić information content (AvgIpc) is 2.30. The highest BCUT2D eigenvalue weighted by Gasteiger charge is 2.23. The van der Waals surface area contributed by atoms with Crippen LogP contribution in [0.2, 0.25) is 0 Å². The molecule has 0 amide bonds. The lowest BCUT2D eigenvalue weighted by Gasteiger charge is -2.34. The number of likely N-dealkylation sites (tertiary alicyclic amines) is 1. The normalized spacial score (nSPS) is 19.0. The van der Waals surface area contributed by atoms with Crippen LogP contribution in [0, 0.1) is 16.7 Å². The van der Waals surface area contributed by atoms with Crippen LogP contribution in [0.1, 0.15) is 39.5 Å². The molecule has 1 heterocycles. The average molecular weight is 268 g/mol. The highest BCUT2D eigenvalue weighted by atomic mass is 15.1. The zero-order valence-electron chi connectivity index (χ0n) is 13.2. The number of nitrogens with two attached hydrogens (primary N) is 1. The van der Waals surface area contributed by atoms with Gasteiger partial charge in [-0.1, -0.05) is 13.8 Å². The molecule has 1 aliphatic heterocycles. The summed E-state index contributed by atoms with van der Waals surface area (Å²) < 4.78 is 0. The maximum Gasteiger partial charge on any atom is 0.0963 e. The zero-order valence-corrected chi connectivity index (χ0v) is 13.2. The molecule has 1 fully saturated rings. The minimum Gasteiger partial charge on any atom is -0.387 e. The third-order valence-corrected chi connectivity index (χ3v) is 4.34. The first-order chi connectivity index (χ1) is 8.81. The predicted molar refractivity (Wildman–Crippen MR) is 82.6 cm³/mol. The van der Waals surface area contributed by atoms with E-state index < -0.39 is 0 Å². The van der Waals surface area contributed by atoms with Crippen LogP contribution in [-0.2, 0) is 0 Å². The largest absolute Gasteiger partial charge is 0.387 e. The molecule has 1 aliphatic rings. The number of amidine groups is 1. The third-order valence-electron chi connectivity index (χ3n) is 4.34. The number of piperidine rings is 1. The molecule has 0 aromatic rings. The van der Waals surface area contributed by atoms with Crippen LogP contribution < -0.4 is 5.73 Å². The van der Waals surface area contributed by atoms with Crippen LogP contribution in [-0.4, -0.2) is 55.9 Å². The van der Waals surface area contributed by atoms with Crippen molar-refractivity contribution in [2.75, 3.05) is 40.3 Å². The van der Waals surface area contributed by atoms with E-state index in [0.29, 0.717) is 5.84 Å². The SMILES string of the molecule is CN(C)CC1CCN(CCCC(C)(C)C(=N)N)CC1. The first kappa shape index (κ1) is 16.4. The highest BCUT2D eigenvalue weighted by molar-refractivity contribution is 5.82. The Labute approximate surface area is 118 Å². The quantitative estimate of drug-likeness (QED) is 0.548. The van der Waals surface area contributed by atoms with Crippen molar-refractivity contribution in [2.45, 2.75) is 39.5 Å². The Kier molecular flexibility index (Phi) is 6.27. The van der Waals surface area contributed by atoms with Crippen molar-refractivity contribution in [2.24, 2.45) is 17.1 Å². The van der Waals surface area contributed by atoms with Gasteiger partial charge in [-0.15, -0.1) is 0 Å². The van der Waals surface area contributed by atoms with Crippen LogP contribution in [0.15, 0.2) is 0 Å². The second-order valence-electron chi connectivity index (χ2n) is 6.95. The summed E-state index contributed by atoms with van der Waals surface area (Å²) in [6, 6.07) is 0. The number of hydrogen-bond donors (Lipinski definition) is 2. The standard InChI is InChI=1S/C15H32N4/c1-15(2,14(16)17)8-5-9-19-10-6-13(7-11-19)12-18(3)4/h13H,5-12H2,1-4H3,(H3,16,17). The molecule has 19 heavy (non-hydrogen) atoms. The smallest absolute Gasteiger partial charge is 0.0963 e. The van der Waals surface area contributed by atoms with Crippen molar-refractivity contribution in [3.8, 4) is 0 Å². The molecule has 4 heteroatoms. The van der Waals surface area contributed by atoms with Gasteiger partial charge in [0.25, 0.3) is 0 Å². The van der Waals surface area contributed by atoms with E-state index in [1.54, 1.807) is 0 Å². The Morgan fingerprint density at radius 3 is 2.37 bits per heavy atom. The maximum atomic E-state index is 7.57. The van der Waals surface area contributed by atoms with Gasteiger partial charge >= 0.3 is 0 Å². The van der Waals surface area contributed by atoms with E-state index >= 15 is 0 Å². The minimum absolute atomic E-state index is 0.136. The van der Waals surface area contributed by atoms with Crippen LogP contribution in [0.4, 0.5) is 0 Å². The van der Waals surface area contributed by atoms with Crippen molar-refractivity contribution >= 4 is 5.84 Å². The fourth-order valence-corrected chi connectivity index (χ4v) is 2.79. The number of nitrogens with one attached hydrogen (secondary N) is 1. The molecule has 0 aromatic carbocycles. The number of nitrogens with zero attached hydrogens (tertiary/aromatic N) is 2. The molecule has 0 atom stereocenters. The van der Waals surface area contributed by atoms with E-state index in [4.69, 9.17) is 11.1 Å². The van der Waals surface area contributed by atoms with Crippen LogP contribution >= 0.6 is 0 Å². The zero-order chi connectivity index (χ0) is 14.5. The van der Waals surface area contributed by atoms with Gasteiger partial charge in [-0.25, -0.2) is 0 Å². The minimum atomic E-state index is -0.136. The molecule has 0 unspecified atom stereocenters. The van der Waals surface area contributed by atoms with Gasteiger partial charge in [0.2, 0.25) is 0 Å². The van der Waals surface area contributed by atoms with Crippen molar-refractivity contribution in [3.63, 3.8) is 0 Å². The van der Waals surface area contributed by atoms with Crippen LogP contribution in [0.25, 0.3) is 0 Å². The number of hydrogen-bond acceptors (Lipinski definition) is 3. The third kappa shape index (κ3) is 5.91. The van der Waals surface area contributed by atoms with E-state index in [9.17, 15) is 0 Å². The molecule has 4 nitrogen and oxygen atoms in total. The second-order valence-corrected chi connectivity index (χ2v) is 6.95. The fourth-order valence-electron chi connectivity index (χ4n) is 2.79. The van der Waals surface area contributed by atoms with Gasteiger partial charge in [0, 0.05) is 12.0 Å². The fraction of sp³-hybridized carbons (Fsp3) is 0.933. The first-order valence-corrected chi connectivity index (χ1v) is 7.53. The summed E-state index contributed by atoms with van der Waals surface area (Å²) in [5.74, 6) is 1.19. The Balaban J connectivity index is 2.18. The van der Waals surface area contributed by atoms with E-state index in [1.807, 2.05) is 0 Å². The Morgan fingerprint density at radius 2 is 1.89 bits per heavy atom. The van der Waals surface area contributed by atoms with Crippen LogP contribution in [0.5, 0.6) is 0 Å². The molecule has 0 bridgehead atoms. The van der Waals surface area contributed by atoms with Crippen LogP contribution in [0.3, 0.4) is 0 Å². The lowest BCUT2D eigenvalue weighted by Crippen LogP contribution is -2.38. The van der Waals surface area contributed by atoms with Gasteiger partial charge in [0.1, 0.15) is 0 Å². The molecule has 0 aromatic heterocycles. The first-order valence-electron chi connectivity index (χ1n) is 7.53. The topological polar surface area (TPSA) is 56.4 Å². The number of rotatable bonds is 7. The van der Waals surface area contributed by atoms with Crippen molar-refractivity contribution in [3.05, 3.63) is 0 Å². The summed E-state index contributed by atoms with van der Waals surface area (Å²) in [4.78, 5) is 4.87. The molecule has 0 aliphatic carbocycles. The van der Waals surface area contributed by atoms with Gasteiger partial charge in [-0.3, -0.25) is 5.41 Å². The van der Waals surface area contributed by atoms with Crippen molar-refractivity contribution in [1.29, 1.82) is 5.41 Å². The summed E-state index contributed by atoms with van der Waals surface area (Å²) in [6.07, 6.45) is 4.81. The summed E-state index contributed by atoms with van der Waals surface area (Å²) >= 11 is 0. The molecule has 1 rings (SSSR count).